The molecule has 2 aromatic carbocycles. The van der Waals surface area contributed by atoms with Gasteiger partial charge < -0.3 is 0 Å². The lowest BCUT2D eigenvalue weighted by Crippen LogP contribution is -2.45. The monoisotopic (exact) mass is 428 g/mol. The van der Waals surface area contributed by atoms with Crippen LogP contribution in [0.5, 0.6) is 0 Å². The molecule has 0 atom stereocenters. The predicted octanol–water partition coefficient (Wildman–Crippen LogP) is 2.50. The second-order valence-electron chi connectivity index (χ2n) is 5.92. The molecule has 1 aromatic heterocycles. The maximum absolute atomic E-state index is 12.1. The Morgan fingerprint density at radius 1 is 0.931 bits per heavy atom. The molecule has 0 aliphatic rings. The molecule has 29 heavy (non-hydrogen) atoms. The summed E-state index contributed by atoms with van der Waals surface area (Å²) in [4.78, 5) is 36.8. The summed E-state index contributed by atoms with van der Waals surface area (Å²) >= 11 is 7.12. The van der Waals surface area contributed by atoms with E-state index in [1.807, 2.05) is 30.3 Å². The summed E-state index contributed by atoms with van der Waals surface area (Å²) in [6, 6.07) is 19.3. The van der Waals surface area contributed by atoms with Crippen LogP contribution in [0, 0.1) is 0 Å². The van der Waals surface area contributed by atoms with Crippen molar-refractivity contribution in [3.8, 4) is 11.3 Å². The largest absolute Gasteiger partial charge is 0.272 e. The third-order valence-electron chi connectivity index (χ3n) is 3.75. The third-order valence-corrected chi connectivity index (χ3v) is 5.02. The molecule has 3 aromatic rings. The van der Waals surface area contributed by atoms with Crippen LogP contribution in [0.15, 0.2) is 76.4 Å². The summed E-state index contributed by atoms with van der Waals surface area (Å²) in [5, 5.41) is 4.83. The van der Waals surface area contributed by atoms with Crippen molar-refractivity contribution < 1.29 is 9.59 Å². The number of carbonyl (C=O) groups is 2. The lowest BCUT2D eigenvalue weighted by atomic mass is 10.1. The summed E-state index contributed by atoms with van der Waals surface area (Å²) in [5.74, 6) is -0.824. The average molecular weight is 429 g/mol. The molecule has 0 radical (unpaired) electrons. The molecule has 0 spiro atoms. The van der Waals surface area contributed by atoms with Crippen molar-refractivity contribution in [1.29, 1.82) is 0 Å². The van der Waals surface area contributed by atoms with Crippen molar-refractivity contribution >= 4 is 35.2 Å². The Balaban J connectivity index is 1.52. The highest BCUT2D eigenvalue weighted by Gasteiger charge is 2.09. The Hall–Kier alpha value is -3.10. The van der Waals surface area contributed by atoms with Gasteiger partial charge in [-0.1, -0.05) is 41.9 Å². The van der Waals surface area contributed by atoms with Gasteiger partial charge in [0.05, 0.1) is 11.4 Å². The second-order valence-corrected chi connectivity index (χ2v) is 7.40. The maximum atomic E-state index is 12.1. The molecule has 9 heteroatoms. The number of aromatic nitrogens is 2. The van der Waals surface area contributed by atoms with E-state index in [0.717, 1.165) is 15.1 Å². The number of halogens is 1. The van der Waals surface area contributed by atoms with Gasteiger partial charge in [0.2, 0.25) is 5.91 Å². The summed E-state index contributed by atoms with van der Waals surface area (Å²) < 4.78 is 1.05. The van der Waals surface area contributed by atoms with Crippen LogP contribution < -0.4 is 16.4 Å². The summed E-state index contributed by atoms with van der Waals surface area (Å²) in [6.45, 7) is -0.315. The van der Waals surface area contributed by atoms with E-state index in [9.17, 15) is 14.4 Å². The highest BCUT2D eigenvalue weighted by Crippen LogP contribution is 2.19. The number of nitrogens with one attached hydrogen (secondary N) is 2. The minimum atomic E-state index is -0.561. The summed E-state index contributed by atoms with van der Waals surface area (Å²) in [6.07, 6.45) is 0. The molecule has 7 nitrogen and oxygen atoms in total. The Morgan fingerprint density at radius 3 is 2.34 bits per heavy atom. The summed E-state index contributed by atoms with van der Waals surface area (Å²) in [5.41, 5.74) is 5.60. The lowest BCUT2D eigenvalue weighted by molar-refractivity contribution is -0.128. The molecule has 3 rings (SSSR count). The second kappa shape index (κ2) is 9.90. The van der Waals surface area contributed by atoms with Crippen LogP contribution in [0.1, 0.15) is 0 Å². The van der Waals surface area contributed by atoms with E-state index in [1.165, 1.54) is 17.8 Å². The Bertz CT molecular complexity index is 1060. The van der Waals surface area contributed by atoms with Gasteiger partial charge in [0.25, 0.3) is 11.5 Å². The van der Waals surface area contributed by atoms with E-state index in [0.29, 0.717) is 10.7 Å². The molecule has 0 unspecified atom stereocenters. The molecule has 0 saturated carbocycles. The van der Waals surface area contributed by atoms with Gasteiger partial charge in [-0.15, -0.1) is 11.8 Å². The molecule has 0 bridgehead atoms. The van der Waals surface area contributed by atoms with Gasteiger partial charge in [0.15, 0.2) is 0 Å². The van der Waals surface area contributed by atoms with E-state index >= 15 is 0 Å². The van der Waals surface area contributed by atoms with Crippen molar-refractivity contribution in [2.75, 3.05) is 5.75 Å². The van der Waals surface area contributed by atoms with E-state index in [4.69, 9.17) is 11.6 Å². The Labute approximate surface area is 176 Å². The minimum absolute atomic E-state index is 0.115. The number of rotatable bonds is 6. The fourth-order valence-corrected chi connectivity index (χ4v) is 3.18. The van der Waals surface area contributed by atoms with Crippen LogP contribution in [0.4, 0.5) is 0 Å². The smallest absolute Gasteiger partial charge is 0.267 e. The molecule has 1 heterocycles. The topological polar surface area (TPSA) is 93.1 Å². The molecule has 0 aliphatic heterocycles. The van der Waals surface area contributed by atoms with Gasteiger partial charge in [0.1, 0.15) is 6.54 Å². The fraction of sp³-hybridized carbons (Fsp3) is 0.100. The first-order valence-corrected chi connectivity index (χ1v) is 9.97. The normalized spacial score (nSPS) is 10.4. The first-order chi connectivity index (χ1) is 14.0. The van der Waals surface area contributed by atoms with Crippen molar-refractivity contribution in [3.63, 3.8) is 0 Å². The third kappa shape index (κ3) is 6.20. The van der Waals surface area contributed by atoms with Gasteiger partial charge in [-0.2, -0.15) is 5.10 Å². The van der Waals surface area contributed by atoms with E-state index in [2.05, 4.69) is 16.0 Å². The number of hydrogen-bond donors (Lipinski definition) is 2. The minimum Gasteiger partial charge on any atom is -0.272 e. The zero-order chi connectivity index (χ0) is 20.6. The molecular formula is C20H17ClN4O3S. The Kier molecular flexibility index (Phi) is 7.04. The quantitative estimate of drug-likeness (QED) is 0.465. The Morgan fingerprint density at radius 2 is 1.62 bits per heavy atom. The fourth-order valence-electron chi connectivity index (χ4n) is 2.36. The average Bonchev–Trinajstić information content (AvgIpc) is 2.74. The van der Waals surface area contributed by atoms with Crippen LogP contribution in [-0.2, 0) is 16.1 Å². The van der Waals surface area contributed by atoms with Gasteiger partial charge in [-0.25, -0.2) is 4.68 Å². The number of nitrogens with zero attached hydrogens (tertiary/aromatic N) is 2. The van der Waals surface area contributed by atoms with Crippen LogP contribution >= 0.6 is 23.4 Å². The van der Waals surface area contributed by atoms with Gasteiger partial charge in [-0.3, -0.25) is 25.2 Å². The maximum Gasteiger partial charge on any atom is 0.267 e. The molecule has 0 aliphatic carbocycles. The van der Waals surface area contributed by atoms with Crippen LogP contribution in [-0.4, -0.2) is 27.3 Å². The van der Waals surface area contributed by atoms with Crippen LogP contribution in [0.2, 0.25) is 5.02 Å². The highest BCUT2D eigenvalue weighted by atomic mass is 35.5. The number of hydrazine groups is 1. The zero-order valence-electron chi connectivity index (χ0n) is 15.2. The van der Waals surface area contributed by atoms with Crippen molar-refractivity contribution in [1.82, 2.24) is 20.6 Å². The van der Waals surface area contributed by atoms with Crippen LogP contribution in [0.3, 0.4) is 0 Å². The number of thioether (sulfide) groups is 1. The van der Waals surface area contributed by atoms with Crippen molar-refractivity contribution in [3.05, 3.63) is 82.1 Å². The predicted molar refractivity (Wildman–Crippen MR) is 112 cm³/mol. The van der Waals surface area contributed by atoms with Gasteiger partial charge in [0, 0.05) is 21.5 Å². The SMILES string of the molecule is O=C(CSc1ccc(Cl)cc1)NNC(=O)Cn1nc(-c2ccccc2)ccc1=O. The molecule has 2 amide bonds. The lowest BCUT2D eigenvalue weighted by Gasteiger charge is -2.09. The van der Waals surface area contributed by atoms with Crippen molar-refractivity contribution in [2.45, 2.75) is 11.4 Å². The van der Waals surface area contributed by atoms with Gasteiger partial charge >= 0.3 is 0 Å². The molecule has 0 saturated heterocycles. The number of amides is 2. The molecule has 0 fully saturated rings. The van der Waals surface area contributed by atoms with E-state index in [1.54, 1.807) is 30.3 Å². The van der Waals surface area contributed by atoms with E-state index < -0.39 is 11.5 Å². The van der Waals surface area contributed by atoms with Crippen LogP contribution in [0.25, 0.3) is 11.3 Å². The first-order valence-electron chi connectivity index (χ1n) is 8.61. The van der Waals surface area contributed by atoms with E-state index in [-0.39, 0.29) is 18.2 Å². The molecule has 148 valence electrons. The first kappa shape index (κ1) is 20.6. The highest BCUT2D eigenvalue weighted by molar-refractivity contribution is 8.00. The summed E-state index contributed by atoms with van der Waals surface area (Å²) in [7, 11) is 0. The van der Waals surface area contributed by atoms with Gasteiger partial charge in [-0.05, 0) is 30.3 Å². The molecule has 2 N–H and O–H groups in total. The molecular weight excluding hydrogens is 412 g/mol. The number of hydrogen-bond acceptors (Lipinski definition) is 5. The standard InChI is InChI=1S/C20H17ClN4O3S/c21-15-6-8-16(9-7-15)29-13-19(27)23-22-18(26)12-25-20(28)11-10-17(24-25)14-4-2-1-3-5-14/h1-11H,12-13H2,(H,22,26)(H,23,27). The zero-order valence-corrected chi connectivity index (χ0v) is 16.7. The number of benzene rings is 2. The van der Waals surface area contributed by atoms with Crippen molar-refractivity contribution in [2.24, 2.45) is 0 Å². The number of carbonyl (C=O) groups excluding carboxylic acids is 2.